The number of nitrogens with one attached hydrogen (secondary N) is 2. The number of nitrogens with two attached hydrogens (primary N) is 1. The maximum Gasteiger partial charge on any atom is 0.258 e. The Morgan fingerprint density at radius 3 is 2.48 bits per heavy atom. The molecule has 0 saturated carbocycles. The van der Waals surface area contributed by atoms with E-state index in [2.05, 4.69) is 15.3 Å². The summed E-state index contributed by atoms with van der Waals surface area (Å²) in [6.07, 6.45) is 2.63. The van der Waals surface area contributed by atoms with Crippen molar-refractivity contribution >= 4 is 0 Å². The quantitative estimate of drug-likeness (QED) is 0.714. The van der Waals surface area contributed by atoms with E-state index in [1.54, 1.807) is 6.20 Å². The summed E-state index contributed by atoms with van der Waals surface area (Å²) in [6, 6.07) is 7.98. The molecule has 23 heavy (non-hydrogen) atoms. The van der Waals surface area contributed by atoms with Gasteiger partial charge in [-0.25, -0.2) is 4.98 Å². The van der Waals surface area contributed by atoms with Crippen molar-refractivity contribution in [1.82, 2.24) is 15.3 Å². The van der Waals surface area contributed by atoms with Crippen LogP contribution in [0.3, 0.4) is 0 Å². The van der Waals surface area contributed by atoms with E-state index in [1.807, 2.05) is 45.0 Å². The van der Waals surface area contributed by atoms with Crippen LogP contribution in [-0.4, -0.2) is 23.1 Å². The average molecular weight is 314 g/mol. The Hall–Kier alpha value is -1.98. The third-order valence-electron chi connectivity index (χ3n) is 3.66. The zero-order valence-corrected chi connectivity index (χ0v) is 14.1. The van der Waals surface area contributed by atoms with E-state index in [0.717, 1.165) is 25.1 Å². The van der Waals surface area contributed by atoms with Gasteiger partial charge >= 0.3 is 0 Å². The number of aromatic nitrogens is 2. The molecule has 0 aliphatic rings. The predicted molar refractivity (Wildman–Crippen MR) is 94.4 cm³/mol. The second kappa shape index (κ2) is 7.53. The molecule has 0 atom stereocenters. The Morgan fingerprint density at radius 2 is 1.91 bits per heavy atom. The molecule has 0 saturated heterocycles. The van der Waals surface area contributed by atoms with Crippen LogP contribution in [0.15, 0.2) is 35.3 Å². The molecule has 0 unspecified atom stereocenters. The van der Waals surface area contributed by atoms with Gasteiger partial charge in [-0.3, -0.25) is 4.79 Å². The van der Waals surface area contributed by atoms with Gasteiger partial charge in [0.15, 0.2) is 0 Å². The van der Waals surface area contributed by atoms with Gasteiger partial charge in [0.25, 0.3) is 5.56 Å². The third-order valence-corrected chi connectivity index (χ3v) is 3.66. The van der Waals surface area contributed by atoms with Crippen molar-refractivity contribution in [1.29, 1.82) is 0 Å². The van der Waals surface area contributed by atoms with E-state index in [9.17, 15) is 4.79 Å². The molecule has 0 amide bonds. The van der Waals surface area contributed by atoms with Gasteiger partial charge in [-0.2, -0.15) is 0 Å². The number of benzene rings is 1. The molecule has 0 fully saturated rings. The molecule has 5 nitrogen and oxygen atoms in total. The first kappa shape index (κ1) is 17.4. The van der Waals surface area contributed by atoms with E-state index in [4.69, 9.17) is 5.73 Å². The summed E-state index contributed by atoms with van der Waals surface area (Å²) in [5, 5.41) is 3.34. The van der Waals surface area contributed by atoms with Crippen LogP contribution in [0, 0.1) is 0 Å². The zero-order chi connectivity index (χ0) is 16.9. The highest BCUT2D eigenvalue weighted by Gasteiger charge is 2.17. The highest BCUT2D eigenvalue weighted by atomic mass is 16.1. The topological polar surface area (TPSA) is 83.8 Å². The Labute approximate surface area is 137 Å². The normalized spacial score (nSPS) is 11.7. The smallest absolute Gasteiger partial charge is 0.258 e. The summed E-state index contributed by atoms with van der Waals surface area (Å²) in [5.41, 5.74) is 7.86. The Bertz CT molecular complexity index is 683. The summed E-state index contributed by atoms with van der Waals surface area (Å²) >= 11 is 0. The molecule has 0 aliphatic heterocycles. The molecule has 1 aromatic carbocycles. The maximum atomic E-state index is 12.3. The SMILES string of the molecule is CC(C)(C)c1ncc(-c2ccc(CNCCCN)cc2)c(=O)[nH]1. The Kier molecular flexibility index (Phi) is 5.69. The largest absolute Gasteiger partial charge is 0.330 e. The lowest BCUT2D eigenvalue weighted by Gasteiger charge is -2.17. The van der Waals surface area contributed by atoms with Gasteiger partial charge in [-0.05, 0) is 30.6 Å². The van der Waals surface area contributed by atoms with Crippen molar-refractivity contribution in [2.75, 3.05) is 13.1 Å². The van der Waals surface area contributed by atoms with Crippen molar-refractivity contribution < 1.29 is 0 Å². The molecule has 0 bridgehead atoms. The van der Waals surface area contributed by atoms with Crippen LogP contribution in [0.25, 0.3) is 11.1 Å². The molecular weight excluding hydrogens is 288 g/mol. The fourth-order valence-corrected chi connectivity index (χ4v) is 2.24. The lowest BCUT2D eigenvalue weighted by Crippen LogP contribution is -2.22. The summed E-state index contributed by atoms with van der Waals surface area (Å²) in [4.78, 5) is 19.6. The van der Waals surface area contributed by atoms with E-state index >= 15 is 0 Å². The molecule has 1 aromatic heterocycles. The van der Waals surface area contributed by atoms with Crippen molar-refractivity contribution in [3.05, 3.63) is 52.2 Å². The second-order valence-corrected chi connectivity index (χ2v) is 6.74. The van der Waals surface area contributed by atoms with Crippen LogP contribution in [0.5, 0.6) is 0 Å². The summed E-state index contributed by atoms with van der Waals surface area (Å²) < 4.78 is 0. The molecule has 1 heterocycles. The molecule has 4 N–H and O–H groups in total. The van der Waals surface area contributed by atoms with Crippen LogP contribution in [0.4, 0.5) is 0 Å². The van der Waals surface area contributed by atoms with E-state index in [1.165, 1.54) is 5.56 Å². The summed E-state index contributed by atoms with van der Waals surface area (Å²) in [5.74, 6) is 0.701. The second-order valence-electron chi connectivity index (χ2n) is 6.74. The lowest BCUT2D eigenvalue weighted by atomic mass is 9.95. The van der Waals surface area contributed by atoms with Gasteiger partial charge in [0.2, 0.25) is 0 Å². The molecule has 5 heteroatoms. The number of rotatable bonds is 6. The maximum absolute atomic E-state index is 12.3. The van der Waals surface area contributed by atoms with Crippen molar-refractivity contribution in [2.45, 2.75) is 39.2 Å². The van der Waals surface area contributed by atoms with Crippen LogP contribution in [0.1, 0.15) is 38.6 Å². The van der Waals surface area contributed by atoms with Crippen LogP contribution in [0.2, 0.25) is 0 Å². The van der Waals surface area contributed by atoms with Crippen molar-refractivity contribution in [2.24, 2.45) is 5.73 Å². The number of H-pyrrole nitrogens is 1. The monoisotopic (exact) mass is 314 g/mol. The lowest BCUT2D eigenvalue weighted by molar-refractivity contribution is 0.543. The highest BCUT2D eigenvalue weighted by Crippen LogP contribution is 2.19. The number of hydrogen-bond acceptors (Lipinski definition) is 4. The first-order valence-electron chi connectivity index (χ1n) is 8.01. The van der Waals surface area contributed by atoms with Gasteiger partial charge < -0.3 is 16.0 Å². The van der Waals surface area contributed by atoms with Gasteiger partial charge in [0.05, 0.1) is 5.56 Å². The molecule has 0 aliphatic carbocycles. The van der Waals surface area contributed by atoms with Crippen molar-refractivity contribution in [3.8, 4) is 11.1 Å². The van der Waals surface area contributed by atoms with Gasteiger partial charge in [0, 0.05) is 18.2 Å². The van der Waals surface area contributed by atoms with Crippen LogP contribution >= 0.6 is 0 Å². The van der Waals surface area contributed by atoms with Gasteiger partial charge in [0.1, 0.15) is 5.82 Å². The summed E-state index contributed by atoms with van der Waals surface area (Å²) in [7, 11) is 0. The van der Waals surface area contributed by atoms with Crippen molar-refractivity contribution in [3.63, 3.8) is 0 Å². The van der Waals surface area contributed by atoms with Gasteiger partial charge in [-0.15, -0.1) is 0 Å². The Morgan fingerprint density at radius 1 is 1.22 bits per heavy atom. The highest BCUT2D eigenvalue weighted by molar-refractivity contribution is 5.61. The van der Waals surface area contributed by atoms with Crippen LogP contribution < -0.4 is 16.6 Å². The molecule has 2 rings (SSSR count). The third kappa shape index (κ3) is 4.74. The van der Waals surface area contributed by atoms with E-state index in [-0.39, 0.29) is 11.0 Å². The fourth-order valence-electron chi connectivity index (χ4n) is 2.24. The number of nitrogens with zero attached hydrogens (tertiary/aromatic N) is 1. The molecule has 0 spiro atoms. The zero-order valence-electron chi connectivity index (χ0n) is 14.1. The van der Waals surface area contributed by atoms with Gasteiger partial charge in [-0.1, -0.05) is 45.0 Å². The number of hydrogen-bond donors (Lipinski definition) is 3. The first-order chi connectivity index (χ1) is 10.9. The first-order valence-corrected chi connectivity index (χ1v) is 8.01. The van der Waals surface area contributed by atoms with E-state index < -0.39 is 0 Å². The average Bonchev–Trinajstić information content (AvgIpc) is 2.51. The minimum Gasteiger partial charge on any atom is -0.330 e. The molecule has 124 valence electrons. The molecule has 2 aromatic rings. The predicted octanol–water partition coefficient (Wildman–Crippen LogP) is 2.17. The molecule has 0 radical (unpaired) electrons. The minimum absolute atomic E-state index is 0.0984. The minimum atomic E-state index is -0.170. The van der Waals surface area contributed by atoms with Crippen LogP contribution in [-0.2, 0) is 12.0 Å². The number of aromatic amines is 1. The standard InChI is InChI=1S/C18H26N4O/c1-18(2,3)17-21-12-15(16(23)22-17)14-7-5-13(6-8-14)11-20-10-4-9-19/h5-8,12,20H,4,9-11,19H2,1-3H3,(H,21,22,23). The fraction of sp³-hybridized carbons (Fsp3) is 0.444. The Balaban J connectivity index is 2.12. The summed E-state index contributed by atoms with van der Waals surface area (Å²) in [6.45, 7) is 8.49. The van der Waals surface area contributed by atoms with E-state index in [0.29, 0.717) is 17.9 Å². The molecular formula is C18H26N4O.